The second kappa shape index (κ2) is 7.02. The Balaban J connectivity index is 2.08. The Bertz CT molecular complexity index is 550. The molecule has 21 heavy (non-hydrogen) atoms. The molecule has 0 aromatic heterocycles. The molecule has 6 heteroatoms. The molecule has 0 radical (unpaired) electrons. The zero-order chi connectivity index (χ0) is 15.4. The van der Waals surface area contributed by atoms with Gasteiger partial charge in [-0.15, -0.1) is 0 Å². The van der Waals surface area contributed by atoms with Crippen LogP contribution in [0.4, 0.5) is 4.39 Å². The summed E-state index contributed by atoms with van der Waals surface area (Å²) in [5.41, 5.74) is 0.292. The van der Waals surface area contributed by atoms with Crippen LogP contribution in [0, 0.1) is 11.7 Å². The van der Waals surface area contributed by atoms with E-state index < -0.39 is 5.82 Å². The van der Waals surface area contributed by atoms with Crippen molar-refractivity contribution < 1.29 is 18.7 Å². The second-order valence-electron chi connectivity index (χ2n) is 4.97. The summed E-state index contributed by atoms with van der Waals surface area (Å²) in [5, 5.41) is 0. The Morgan fingerprint density at radius 3 is 2.90 bits per heavy atom. The minimum atomic E-state index is -0.472. The van der Waals surface area contributed by atoms with Gasteiger partial charge in [0.25, 0.3) is 5.91 Å². The standard InChI is InChI=1S/C15H17BrFNO3/c1-2-21-15(20)11-4-3-7-18(9-11)14(19)10-5-6-12(16)13(17)8-10/h5-6,8,11H,2-4,7,9H2,1H3/t11-/m1/s1. The molecule has 0 bridgehead atoms. The molecule has 0 aliphatic carbocycles. The van der Waals surface area contributed by atoms with Gasteiger partial charge in [-0.25, -0.2) is 4.39 Å². The Hall–Kier alpha value is -1.43. The Labute approximate surface area is 131 Å². The van der Waals surface area contributed by atoms with Crippen molar-refractivity contribution in [3.05, 3.63) is 34.1 Å². The minimum Gasteiger partial charge on any atom is -0.466 e. The fraction of sp³-hybridized carbons (Fsp3) is 0.467. The van der Waals surface area contributed by atoms with Crippen LogP contribution < -0.4 is 0 Å². The third kappa shape index (κ3) is 3.81. The molecule has 1 aromatic carbocycles. The van der Waals surface area contributed by atoms with Crippen LogP contribution >= 0.6 is 15.9 Å². The first-order chi connectivity index (χ1) is 10.0. The van der Waals surface area contributed by atoms with E-state index in [-0.39, 0.29) is 17.8 Å². The third-order valence-electron chi connectivity index (χ3n) is 3.50. The monoisotopic (exact) mass is 357 g/mol. The molecule has 1 aromatic rings. The molecule has 1 amide bonds. The molecule has 1 saturated heterocycles. The fourth-order valence-corrected chi connectivity index (χ4v) is 2.67. The molecule has 0 N–H and O–H groups in total. The lowest BCUT2D eigenvalue weighted by atomic mass is 9.97. The summed E-state index contributed by atoms with van der Waals surface area (Å²) in [6, 6.07) is 4.29. The summed E-state index contributed by atoms with van der Waals surface area (Å²) in [4.78, 5) is 25.7. The van der Waals surface area contributed by atoms with Gasteiger partial charge < -0.3 is 9.64 Å². The van der Waals surface area contributed by atoms with Gasteiger partial charge >= 0.3 is 5.97 Å². The molecule has 0 saturated carbocycles. The van der Waals surface area contributed by atoms with Crippen molar-refractivity contribution in [1.82, 2.24) is 4.90 Å². The maximum atomic E-state index is 13.5. The predicted molar refractivity (Wildman–Crippen MR) is 79.4 cm³/mol. The number of likely N-dealkylation sites (tertiary alicyclic amines) is 1. The van der Waals surface area contributed by atoms with Crippen LogP contribution in [-0.4, -0.2) is 36.5 Å². The van der Waals surface area contributed by atoms with Gasteiger partial charge in [0.1, 0.15) is 5.82 Å². The highest BCUT2D eigenvalue weighted by Gasteiger charge is 2.29. The third-order valence-corrected chi connectivity index (χ3v) is 4.14. The summed E-state index contributed by atoms with van der Waals surface area (Å²) in [6.07, 6.45) is 1.46. The van der Waals surface area contributed by atoms with Gasteiger partial charge in [0, 0.05) is 18.7 Å². The van der Waals surface area contributed by atoms with Gasteiger partial charge in [0.2, 0.25) is 0 Å². The van der Waals surface area contributed by atoms with E-state index >= 15 is 0 Å². The van der Waals surface area contributed by atoms with Gasteiger partial charge in [-0.2, -0.15) is 0 Å². The quantitative estimate of drug-likeness (QED) is 0.781. The summed E-state index contributed by atoms with van der Waals surface area (Å²) in [7, 11) is 0. The summed E-state index contributed by atoms with van der Waals surface area (Å²) < 4.78 is 18.8. The molecule has 1 atom stereocenters. The van der Waals surface area contributed by atoms with Gasteiger partial charge in [-0.1, -0.05) is 0 Å². The molecule has 0 spiro atoms. The molecule has 114 valence electrons. The van der Waals surface area contributed by atoms with Crippen molar-refractivity contribution in [2.45, 2.75) is 19.8 Å². The highest BCUT2D eigenvalue weighted by Crippen LogP contribution is 2.22. The number of amides is 1. The van der Waals surface area contributed by atoms with E-state index in [0.29, 0.717) is 29.7 Å². The van der Waals surface area contributed by atoms with Crippen LogP contribution in [0.3, 0.4) is 0 Å². The number of hydrogen-bond donors (Lipinski definition) is 0. The molecular weight excluding hydrogens is 341 g/mol. The van der Waals surface area contributed by atoms with Crippen molar-refractivity contribution in [2.75, 3.05) is 19.7 Å². The van der Waals surface area contributed by atoms with E-state index in [1.54, 1.807) is 17.9 Å². The lowest BCUT2D eigenvalue weighted by Crippen LogP contribution is -2.42. The number of benzene rings is 1. The Kier molecular flexibility index (Phi) is 5.33. The number of nitrogens with zero attached hydrogens (tertiary/aromatic N) is 1. The van der Waals surface area contributed by atoms with Gasteiger partial charge in [0.05, 0.1) is 17.0 Å². The van der Waals surface area contributed by atoms with Crippen molar-refractivity contribution in [1.29, 1.82) is 0 Å². The topological polar surface area (TPSA) is 46.6 Å². The van der Waals surface area contributed by atoms with E-state index in [9.17, 15) is 14.0 Å². The average molecular weight is 358 g/mol. The van der Waals surface area contributed by atoms with Crippen molar-refractivity contribution >= 4 is 27.8 Å². The summed E-state index contributed by atoms with van der Waals surface area (Å²) in [6.45, 7) is 3.00. The largest absolute Gasteiger partial charge is 0.466 e. The van der Waals surface area contributed by atoms with Crippen LogP contribution in [0.15, 0.2) is 22.7 Å². The molecule has 1 fully saturated rings. The zero-order valence-electron chi connectivity index (χ0n) is 11.8. The number of esters is 1. The molecule has 1 aliphatic rings. The van der Waals surface area contributed by atoms with E-state index in [1.165, 1.54) is 12.1 Å². The Morgan fingerprint density at radius 2 is 2.24 bits per heavy atom. The number of carbonyl (C=O) groups excluding carboxylic acids is 2. The first-order valence-corrected chi connectivity index (χ1v) is 7.73. The normalized spacial score (nSPS) is 18.4. The van der Waals surface area contributed by atoms with Crippen molar-refractivity contribution in [2.24, 2.45) is 5.92 Å². The first-order valence-electron chi connectivity index (χ1n) is 6.94. The number of carbonyl (C=O) groups is 2. The number of piperidine rings is 1. The molecule has 4 nitrogen and oxygen atoms in total. The Morgan fingerprint density at radius 1 is 1.48 bits per heavy atom. The van der Waals surface area contributed by atoms with Crippen LogP contribution in [0.1, 0.15) is 30.1 Å². The van der Waals surface area contributed by atoms with Crippen LogP contribution in [0.25, 0.3) is 0 Å². The van der Waals surface area contributed by atoms with Crippen LogP contribution in [0.5, 0.6) is 0 Å². The lowest BCUT2D eigenvalue weighted by Gasteiger charge is -2.31. The maximum absolute atomic E-state index is 13.5. The molecular formula is C15H17BrFNO3. The minimum absolute atomic E-state index is 0.254. The van der Waals surface area contributed by atoms with Gasteiger partial charge in [-0.05, 0) is 53.9 Å². The number of ether oxygens (including phenoxy) is 1. The van der Waals surface area contributed by atoms with E-state index in [1.807, 2.05) is 0 Å². The fourth-order valence-electron chi connectivity index (χ4n) is 2.43. The highest BCUT2D eigenvalue weighted by atomic mass is 79.9. The summed E-state index contributed by atoms with van der Waals surface area (Å²) >= 11 is 3.06. The lowest BCUT2D eigenvalue weighted by molar-refractivity contribution is -0.149. The number of halogens is 2. The maximum Gasteiger partial charge on any atom is 0.310 e. The van der Waals surface area contributed by atoms with Crippen LogP contribution in [0.2, 0.25) is 0 Å². The van der Waals surface area contributed by atoms with Crippen molar-refractivity contribution in [3.63, 3.8) is 0 Å². The molecule has 1 heterocycles. The van der Waals surface area contributed by atoms with Gasteiger partial charge in [-0.3, -0.25) is 9.59 Å². The van der Waals surface area contributed by atoms with Gasteiger partial charge in [0.15, 0.2) is 0 Å². The first kappa shape index (κ1) is 15.9. The molecule has 1 aliphatic heterocycles. The zero-order valence-corrected chi connectivity index (χ0v) is 13.4. The second-order valence-corrected chi connectivity index (χ2v) is 5.83. The highest BCUT2D eigenvalue weighted by molar-refractivity contribution is 9.10. The molecule has 0 unspecified atom stereocenters. The SMILES string of the molecule is CCOC(=O)[C@@H]1CCCN(C(=O)c2ccc(Br)c(F)c2)C1. The predicted octanol–water partition coefficient (Wildman–Crippen LogP) is 3.00. The summed E-state index contributed by atoms with van der Waals surface area (Å²) in [5.74, 6) is -1.28. The van der Waals surface area contributed by atoms with Crippen LogP contribution in [-0.2, 0) is 9.53 Å². The number of rotatable bonds is 3. The average Bonchev–Trinajstić information content (AvgIpc) is 2.49. The van der Waals surface area contributed by atoms with E-state index in [2.05, 4.69) is 15.9 Å². The number of hydrogen-bond acceptors (Lipinski definition) is 3. The van der Waals surface area contributed by atoms with E-state index in [4.69, 9.17) is 4.74 Å². The van der Waals surface area contributed by atoms with Crippen molar-refractivity contribution in [3.8, 4) is 0 Å². The smallest absolute Gasteiger partial charge is 0.310 e. The molecule has 2 rings (SSSR count). The van der Waals surface area contributed by atoms with E-state index in [0.717, 1.165) is 12.8 Å².